The van der Waals surface area contributed by atoms with E-state index in [0.717, 1.165) is 24.0 Å². The highest BCUT2D eigenvalue weighted by Crippen LogP contribution is 2.24. The lowest BCUT2D eigenvalue weighted by atomic mass is 10.2. The van der Waals surface area contributed by atoms with Crippen LogP contribution in [0.15, 0.2) is 6.20 Å². The Morgan fingerprint density at radius 3 is 3.20 bits per heavy atom. The first-order valence-electron chi connectivity index (χ1n) is 5.52. The van der Waals surface area contributed by atoms with E-state index in [4.69, 9.17) is 0 Å². The third-order valence-electron chi connectivity index (χ3n) is 2.76. The average Bonchev–Trinajstić information content (AvgIpc) is 2.66. The summed E-state index contributed by atoms with van der Waals surface area (Å²) in [4.78, 5) is 0. The summed E-state index contributed by atoms with van der Waals surface area (Å²) in [6.45, 7) is 1.98. The van der Waals surface area contributed by atoms with E-state index in [0.29, 0.717) is 0 Å². The fourth-order valence-electron chi connectivity index (χ4n) is 1.80. The van der Waals surface area contributed by atoms with Crippen LogP contribution < -0.4 is 5.32 Å². The van der Waals surface area contributed by atoms with Gasteiger partial charge in [0, 0.05) is 25.4 Å². The zero-order chi connectivity index (χ0) is 10.5. The van der Waals surface area contributed by atoms with Crippen molar-refractivity contribution in [2.75, 3.05) is 12.3 Å². The minimum absolute atomic E-state index is 0.805. The quantitative estimate of drug-likeness (QED) is 0.837. The molecule has 1 aromatic rings. The van der Waals surface area contributed by atoms with Crippen molar-refractivity contribution >= 4 is 11.8 Å². The second-order valence-electron chi connectivity index (χ2n) is 3.97. The molecule has 1 N–H and O–H groups in total. The van der Waals surface area contributed by atoms with Gasteiger partial charge in [-0.25, -0.2) is 0 Å². The molecule has 4 nitrogen and oxygen atoms in total. The molecule has 15 heavy (non-hydrogen) atoms. The lowest BCUT2D eigenvalue weighted by molar-refractivity contribution is 0.575. The van der Waals surface area contributed by atoms with Gasteiger partial charge in [-0.15, -0.1) is 5.10 Å². The first kappa shape index (κ1) is 11.0. The highest BCUT2D eigenvalue weighted by atomic mass is 32.2. The Hall–Kier alpha value is -0.550. The van der Waals surface area contributed by atoms with E-state index in [-0.39, 0.29) is 0 Å². The molecule has 2 heterocycles. The lowest BCUT2D eigenvalue weighted by Gasteiger charge is -2.21. The van der Waals surface area contributed by atoms with Gasteiger partial charge < -0.3 is 5.32 Å². The van der Waals surface area contributed by atoms with Crippen molar-refractivity contribution in [3.05, 3.63) is 11.9 Å². The third kappa shape index (κ3) is 3.21. The fourth-order valence-corrected chi connectivity index (χ4v) is 3.07. The molecule has 1 atom stereocenters. The minimum Gasteiger partial charge on any atom is -0.310 e. The van der Waals surface area contributed by atoms with Crippen molar-refractivity contribution in [1.82, 2.24) is 20.3 Å². The number of aryl methyl sites for hydroxylation is 1. The Morgan fingerprint density at radius 2 is 2.53 bits per heavy atom. The molecule has 1 aliphatic rings. The molecule has 0 aromatic carbocycles. The van der Waals surface area contributed by atoms with Crippen LogP contribution in [0, 0.1) is 0 Å². The molecular weight excluding hydrogens is 208 g/mol. The summed E-state index contributed by atoms with van der Waals surface area (Å²) >= 11 is 2.10. The van der Waals surface area contributed by atoms with E-state index in [1.807, 2.05) is 17.9 Å². The van der Waals surface area contributed by atoms with Crippen LogP contribution in [0.25, 0.3) is 0 Å². The zero-order valence-electron chi connectivity index (χ0n) is 9.15. The third-order valence-corrected chi connectivity index (χ3v) is 4.16. The maximum absolute atomic E-state index is 3.90. The molecule has 1 aliphatic heterocycles. The number of thioether (sulfide) groups is 1. The molecule has 0 radical (unpaired) electrons. The smallest absolute Gasteiger partial charge is 0.0738 e. The van der Waals surface area contributed by atoms with Crippen molar-refractivity contribution in [2.45, 2.75) is 31.1 Å². The van der Waals surface area contributed by atoms with Gasteiger partial charge in [0.25, 0.3) is 0 Å². The van der Waals surface area contributed by atoms with E-state index < -0.39 is 0 Å². The summed E-state index contributed by atoms with van der Waals surface area (Å²) in [6, 6.07) is 0. The molecule has 0 bridgehead atoms. The van der Waals surface area contributed by atoms with E-state index in [9.17, 15) is 0 Å². The highest BCUT2D eigenvalue weighted by molar-refractivity contribution is 7.99. The molecule has 84 valence electrons. The van der Waals surface area contributed by atoms with E-state index in [1.54, 1.807) is 0 Å². The number of aromatic nitrogens is 3. The zero-order valence-corrected chi connectivity index (χ0v) is 9.96. The molecule has 0 aliphatic carbocycles. The van der Waals surface area contributed by atoms with E-state index in [1.165, 1.54) is 25.0 Å². The van der Waals surface area contributed by atoms with Crippen LogP contribution in [0.3, 0.4) is 0 Å². The average molecular weight is 226 g/mol. The molecular formula is C10H18N4S. The van der Waals surface area contributed by atoms with E-state index in [2.05, 4.69) is 27.4 Å². The summed E-state index contributed by atoms with van der Waals surface area (Å²) in [7, 11) is 1.93. The monoisotopic (exact) mass is 226 g/mol. The van der Waals surface area contributed by atoms with Crippen LogP contribution in [0.5, 0.6) is 0 Å². The van der Waals surface area contributed by atoms with Gasteiger partial charge >= 0.3 is 0 Å². The molecule has 1 saturated heterocycles. The van der Waals surface area contributed by atoms with Crippen LogP contribution in [-0.2, 0) is 13.6 Å². The second-order valence-corrected chi connectivity index (χ2v) is 5.38. The Bertz CT molecular complexity index is 293. The predicted octanol–water partition coefficient (Wildman–Crippen LogP) is 1.19. The summed E-state index contributed by atoms with van der Waals surface area (Å²) in [5, 5.41) is 12.0. The van der Waals surface area contributed by atoms with Crippen LogP contribution in [0.2, 0.25) is 0 Å². The summed E-state index contributed by atoms with van der Waals surface area (Å²) in [6.07, 6.45) is 5.97. The lowest BCUT2D eigenvalue weighted by Crippen LogP contribution is -2.27. The number of nitrogens with zero attached hydrogens (tertiary/aromatic N) is 3. The van der Waals surface area contributed by atoms with Crippen LogP contribution in [-0.4, -0.2) is 32.5 Å². The molecule has 1 fully saturated rings. The maximum Gasteiger partial charge on any atom is 0.0738 e. The molecule has 1 unspecified atom stereocenters. The van der Waals surface area contributed by atoms with Gasteiger partial charge in [-0.3, -0.25) is 4.68 Å². The van der Waals surface area contributed by atoms with Gasteiger partial charge in [0.1, 0.15) is 0 Å². The largest absolute Gasteiger partial charge is 0.310 e. The molecule has 5 heteroatoms. The van der Waals surface area contributed by atoms with Crippen LogP contribution in [0.1, 0.15) is 25.0 Å². The topological polar surface area (TPSA) is 42.7 Å². The standard InChI is InChI=1S/C10H18N4S/c1-14-9(7-12-13-14)6-11-8-10-4-2-3-5-15-10/h7,10-11H,2-6,8H2,1H3. The molecule has 0 saturated carbocycles. The van der Waals surface area contributed by atoms with Gasteiger partial charge in [-0.05, 0) is 18.6 Å². The van der Waals surface area contributed by atoms with Crippen molar-refractivity contribution in [1.29, 1.82) is 0 Å². The number of nitrogens with one attached hydrogen (secondary N) is 1. The maximum atomic E-state index is 3.90. The van der Waals surface area contributed by atoms with Gasteiger partial charge in [0.2, 0.25) is 0 Å². The Balaban J connectivity index is 1.68. The van der Waals surface area contributed by atoms with Gasteiger partial charge in [-0.1, -0.05) is 11.6 Å². The SMILES string of the molecule is Cn1nncc1CNCC1CCCCS1. The van der Waals surface area contributed by atoms with Crippen molar-refractivity contribution < 1.29 is 0 Å². The summed E-state index contributed by atoms with van der Waals surface area (Å²) in [5.74, 6) is 1.33. The Morgan fingerprint density at radius 1 is 1.60 bits per heavy atom. The summed E-state index contributed by atoms with van der Waals surface area (Å²) in [5.41, 5.74) is 1.15. The van der Waals surface area contributed by atoms with Crippen molar-refractivity contribution in [2.24, 2.45) is 7.05 Å². The van der Waals surface area contributed by atoms with Gasteiger partial charge in [-0.2, -0.15) is 11.8 Å². The highest BCUT2D eigenvalue weighted by Gasteiger charge is 2.13. The Kier molecular flexibility index (Phi) is 4.02. The second kappa shape index (κ2) is 5.51. The fraction of sp³-hybridized carbons (Fsp3) is 0.800. The van der Waals surface area contributed by atoms with Gasteiger partial charge in [0.05, 0.1) is 11.9 Å². The van der Waals surface area contributed by atoms with Crippen molar-refractivity contribution in [3.63, 3.8) is 0 Å². The van der Waals surface area contributed by atoms with Crippen LogP contribution in [0.4, 0.5) is 0 Å². The molecule has 0 amide bonds. The number of hydrogen-bond donors (Lipinski definition) is 1. The van der Waals surface area contributed by atoms with Crippen LogP contribution >= 0.6 is 11.8 Å². The minimum atomic E-state index is 0.805. The predicted molar refractivity (Wildman–Crippen MR) is 62.8 cm³/mol. The molecule has 1 aromatic heterocycles. The first-order chi connectivity index (χ1) is 7.36. The molecule has 2 rings (SSSR count). The number of hydrogen-bond acceptors (Lipinski definition) is 4. The Labute approximate surface area is 94.8 Å². The van der Waals surface area contributed by atoms with E-state index >= 15 is 0 Å². The van der Waals surface area contributed by atoms with Gasteiger partial charge in [0.15, 0.2) is 0 Å². The molecule has 0 spiro atoms. The summed E-state index contributed by atoms with van der Waals surface area (Å²) < 4.78 is 1.82. The normalized spacial score (nSPS) is 21.8. The first-order valence-corrected chi connectivity index (χ1v) is 6.57. The number of rotatable bonds is 4. The van der Waals surface area contributed by atoms with Crippen molar-refractivity contribution in [3.8, 4) is 0 Å².